The number of ether oxygens (including phenoxy) is 2. The highest BCUT2D eigenvalue weighted by molar-refractivity contribution is 5.75. The lowest BCUT2D eigenvalue weighted by atomic mass is 9.86. The molecule has 0 unspecified atom stereocenters. The van der Waals surface area contributed by atoms with Gasteiger partial charge in [0, 0.05) is 12.8 Å². The molecular formula is C22H34O6. The molecule has 2 aliphatic rings. The quantitative estimate of drug-likeness (QED) is 0.296. The van der Waals surface area contributed by atoms with Crippen LogP contribution in [-0.4, -0.2) is 35.7 Å². The van der Waals surface area contributed by atoms with Crippen LogP contribution < -0.4 is 0 Å². The van der Waals surface area contributed by atoms with Gasteiger partial charge in [-0.05, 0) is 64.2 Å². The van der Waals surface area contributed by atoms with Crippen LogP contribution in [0, 0.1) is 0 Å². The minimum atomic E-state index is -0.896. The van der Waals surface area contributed by atoms with E-state index in [1.54, 1.807) is 0 Å². The van der Waals surface area contributed by atoms with Gasteiger partial charge < -0.3 is 9.47 Å². The zero-order chi connectivity index (χ0) is 20.3. The lowest BCUT2D eigenvalue weighted by molar-refractivity contribution is -0.166. The van der Waals surface area contributed by atoms with E-state index >= 15 is 0 Å². The van der Waals surface area contributed by atoms with E-state index in [0.717, 1.165) is 63.9 Å². The van der Waals surface area contributed by atoms with Gasteiger partial charge in [-0.1, -0.05) is 25.7 Å². The van der Waals surface area contributed by atoms with Crippen LogP contribution in [0.1, 0.15) is 103 Å². The van der Waals surface area contributed by atoms with Crippen LogP contribution in [0.15, 0.2) is 0 Å². The second-order valence-electron chi connectivity index (χ2n) is 8.35. The fourth-order valence-corrected chi connectivity index (χ4v) is 4.24. The zero-order valence-electron chi connectivity index (χ0n) is 16.9. The van der Waals surface area contributed by atoms with E-state index in [4.69, 9.17) is 9.47 Å². The molecule has 6 heteroatoms. The average Bonchev–Trinajstić information content (AvgIpc) is 2.72. The third kappa shape index (κ3) is 7.02. The Morgan fingerprint density at radius 3 is 1.29 bits per heavy atom. The maximum absolute atomic E-state index is 12.0. The van der Waals surface area contributed by atoms with Gasteiger partial charge in [0.15, 0.2) is 23.8 Å². The van der Waals surface area contributed by atoms with Crippen LogP contribution in [0.25, 0.3) is 0 Å². The minimum Gasteiger partial charge on any atom is -0.451 e. The molecule has 158 valence electrons. The fourth-order valence-electron chi connectivity index (χ4n) is 4.24. The van der Waals surface area contributed by atoms with E-state index < -0.39 is 11.2 Å². The van der Waals surface area contributed by atoms with Crippen LogP contribution in [0.5, 0.6) is 0 Å². The molecule has 0 aromatic carbocycles. The molecule has 0 aliphatic heterocycles. The predicted molar refractivity (Wildman–Crippen MR) is 104 cm³/mol. The van der Waals surface area contributed by atoms with Crippen molar-refractivity contribution in [2.75, 3.05) is 0 Å². The smallest absolute Gasteiger partial charge is 0.306 e. The highest BCUT2D eigenvalue weighted by atomic mass is 16.6. The largest absolute Gasteiger partial charge is 0.451 e. The van der Waals surface area contributed by atoms with Crippen LogP contribution in [-0.2, 0) is 28.7 Å². The third-order valence-corrected chi connectivity index (χ3v) is 5.98. The number of carbonyl (C=O) groups is 4. The maximum atomic E-state index is 12.0. The summed E-state index contributed by atoms with van der Waals surface area (Å²) >= 11 is 0. The van der Waals surface area contributed by atoms with Crippen molar-refractivity contribution in [2.45, 2.75) is 114 Å². The number of esters is 2. The van der Waals surface area contributed by atoms with Gasteiger partial charge in [0.25, 0.3) is 0 Å². The second-order valence-corrected chi connectivity index (χ2v) is 8.35. The topological polar surface area (TPSA) is 86.7 Å². The van der Waals surface area contributed by atoms with Crippen molar-refractivity contribution in [3.63, 3.8) is 0 Å². The molecule has 2 saturated carbocycles. The van der Waals surface area contributed by atoms with E-state index in [1.807, 2.05) is 0 Å². The number of hydrogen-bond acceptors (Lipinski definition) is 6. The second kappa shape index (κ2) is 11.3. The first-order chi connectivity index (χ1) is 13.5. The van der Waals surface area contributed by atoms with Crippen LogP contribution in [0.4, 0.5) is 0 Å². The average molecular weight is 395 g/mol. The lowest BCUT2D eigenvalue weighted by Gasteiger charge is -2.31. The molecule has 0 bridgehead atoms. The molecule has 28 heavy (non-hydrogen) atoms. The Morgan fingerprint density at radius 2 is 0.964 bits per heavy atom. The standard InChI is InChI=1S/C22H34O6/c23-17-21(13-7-3-8-14-21)27-19(25)11-5-1-2-6-12-20(26)28-22(18-24)15-9-4-10-16-22/h17-18H,1-16H2. The van der Waals surface area contributed by atoms with Gasteiger partial charge in [-0.25, -0.2) is 0 Å². The minimum absolute atomic E-state index is 0.300. The monoisotopic (exact) mass is 394 g/mol. The Hall–Kier alpha value is -1.72. The van der Waals surface area contributed by atoms with Crippen molar-refractivity contribution < 1.29 is 28.7 Å². The van der Waals surface area contributed by atoms with Crippen LogP contribution in [0.2, 0.25) is 0 Å². The Bertz CT molecular complexity index is 481. The van der Waals surface area contributed by atoms with Crippen molar-refractivity contribution in [3.8, 4) is 0 Å². The Kier molecular flexibility index (Phi) is 9.13. The Balaban J connectivity index is 1.56. The summed E-state index contributed by atoms with van der Waals surface area (Å²) in [6.45, 7) is 0. The van der Waals surface area contributed by atoms with Gasteiger partial charge in [-0.2, -0.15) is 0 Å². The maximum Gasteiger partial charge on any atom is 0.306 e. The van der Waals surface area contributed by atoms with Gasteiger partial charge >= 0.3 is 11.9 Å². The normalized spacial score (nSPS) is 20.7. The van der Waals surface area contributed by atoms with E-state index in [9.17, 15) is 19.2 Å². The third-order valence-electron chi connectivity index (χ3n) is 5.98. The summed E-state index contributed by atoms with van der Waals surface area (Å²) in [6, 6.07) is 0. The number of carbonyl (C=O) groups excluding carboxylic acids is 4. The lowest BCUT2D eigenvalue weighted by Crippen LogP contribution is -2.38. The predicted octanol–water partition coefficient (Wildman–Crippen LogP) is 4.22. The SMILES string of the molecule is O=CC1(OC(=O)CCCCCCC(=O)OC2(C=O)CCCCC2)CCCCC1. The molecule has 0 saturated heterocycles. The summed E-state index contributed by atoms with van der Waals surface area (Å²) in [5.41, 5.74) is -1.79. The number of unbranched alkanes of at least 4 members (excludes halogenated alkanes) is 3. The Labute approximate surface area is 167 Å². The summed E-state index contributed by atoms with van der Waals surface area (Å²) in [7, 11) is 0. The van der Waals surface area contributed by atoms with Crippen molar-refractivity contribution in [1.82, 2.24) is 0 Å². The summed E-state index contributed by atoms with van der Waals surface area (Å²) in [5.74, 6) is -0.614. The van der Waals surface area contributed by atoms with Gasteiger partial charge in [-0.15, -0.1) is 0 Å². The van der Waals surface area contributed by atoms with E-state index in [1.165, 1.54) is 0 Å². The molecule has 2 aliphatic carbocycles. The van der Waals surface area contributed by atoms with Crippen molar-refractivity contribution in [3.05, 3.63) is 0 Å². The fraction of sp³-hybridized carbons (Fsp3) is 0.818. The summed E-state index contributed by atoms with van der Waals surface area (Å²) in [6.07, 6.45) is 13.6. The van der Waals surface area contributed by atoms with E-state index in [-0.39, 0.29) is 11.9 Å². The molecule has 2 fully saturated rings. The van der Waals surface area contributed by atoms with Crippen LogP contribution in [0.3, 0.4) is 0 Å². The molecule has 0 atom stereocenters. The number of rotatable bonds is 11. The van der Waals surface area contributed by atoms with Crippen molar-refractivity contribution >= 4 is 24.5 Å². The summed E-state index contributed by atoms with van der Waals surface area (Å²) < 4.78 is 10.9. The molecule has 0 aromatic rings. The highest BCUT2D eigenvalue weighted by Gasteiger charge is 2.36. The van der Waals surface area contributed by atoms with Gasteiger partial charge in [0.1, 0.15) is 0 Å². The van der Waals surface area contributed by atoms with Crippen molar-refractivity contribution in [1.29, 1.82) is 0 Å². The Morgan fingerprint density at radius 1 is 0.607 bits per heavy atom. The van der Waals surface area contributed by atoms with Crippen LogP contribution >= 0.6 is 0 Å². The zero-order valence-corrected chi connectivity index (χ0v) is 16.9. The molecule has 0 spiro atoms. The highest BCUT2D eigenvalue weighted by Crippen LogP contribution is 2.31. The molecule has 0 heterocycles. The molecule has 0 aromatic heterocycles. The first-order valence-corrected chi connectivity index (χ1v) is 10.9. The van der Waals surface area contributed by atoms with Crippen molar-refractivity contribution in [2.24, 2.45) is 0 Å². The van der Waals surface area contributed by atoms with Gasteiger partial charge in [0.05, 0.1) is 0 Å². The molecule has 2 rings (SSSR count). The van der Waals surface area contributed by atoms with E-state index in [0.29, 0.717) is 51.4 Å². The van der Waals surface area contributed by atoms with Gasteiger partial charge in [-0.3, -0.25) is 19.2 Å². The first-order valence-electron chi connectivity index (χ1n) is 10.9. The molecule has 0 N–H and O–H groups in total. The summed E-state index contributed by atoms with van der Waals surface area (Å²) in [5, 5.41) is 0. The molecular weight excluding hydrogens is 360 g/mol. The first kappa shape index (κ1) is 22.6. The van der Waals surface area contributed by atoms with E-state index in [2.05, 4.69) is 0 Å². The number of hydrogen-bond donors (Lipinski definition) is 0. The number of aldehydes is 2. The molecule has 0 amide bonds. The molecule has 0 radical (unpaired) electrons. The van der Waals surface area contributed by atoms with Gasteiger partial charge in [0.2, 0.25) is 0 Å². The molecule has 6 nitrogen and oxygen atoms in total. The summed E-state index contributed by atoms with van der Waals surface area (Å²) in [4.78, 5) is 46.7.